The lowest BCUT2D eigenvalue weighted by atomic mass is 10.0. The first-order valence-electron chi connectivity index (χ1n) is 5.94. The SMILES string of the molecule is CCC(C)C(=O)CN(CCOC)C1CC1. The molecule has 1 saturated carbocycles. The van der Waals surface area contributed by atoms with E-state index in [1.165, 1.54) is 12.8 Å². The third kappa shape index (κ3) is 4.31. The van der Waals surface area contributed by atoms with Gasteiger partial charge in [0.05, 0.1) is 13.2 Å². The minimum atomic E-state index is 0.203. The average molecular weight is 213 g/mol. The van der Waals surface area contributed by atoms with Gasteiger partial charge in [-0.2, -0.15) is 0 Å². The second-order valence-corrected chi connectivity index (χ2v) is 4.47. The third-order valence-electron chi connectivity index (χ3n) is 3.17. The van der Waals surface area contributed by atoms with Gasteiger partial charge < -0.3 is 4.74 Å². The molecule has 0 aliphatic heterocycles. The van der Waals surface area contributed by atoms with E-state index in [9.17, 15) is 4.79 Å². The predicted octanol–water partition coefficient (Wildman–Crippen LogP) is 1.71. The van der Waals surface area contributed by atoms with E-state index in [1.807, 2.05) is 6.92 Å². The summed E-state index contributed by atoms with van der Waals surface area (Å²) < 4.78 is 5.07. The van der Waals surface area contributed by atoms with Crippen LogP contribution in [0.1, 0.15) is 33.1 Å². The van der Waals surface area contributed by atoms with Crippen LogP contribution in [0.15, 0.2) is 0 Å². The highest BCUT2D eigenvalue weighted by molar-refractivity contribution is 5.82. The van der Waals surface area contributed by atoms with E-state index in [2.05, 4.69) is 11.8 Å². The summed E-state index contributed by atoms with van der Waals surface area (Å²) in [7, 11) is 1.71. The second kappa shape index (κ2) is 6.23. The number of hydrogen-bond donors (Lipinski definition) is 0. The fourth-order valence-electron chi connectivity index (χ4n) is 1.62. The Morgan fingerprint density at radius 1 is 1.53 bits per heavy atom. The Hall–Kier alpha value is -0.410. The van der Waals surface area contributed by atoms with Gasteiger partial charge in [0, 0.05) is 25.6 Å². The summed E-state index contributed by atoms with van der Waals surface area (Å²) in [6.45, 7) is 6.32. The monoisotopic (exact) mass is 213 g/mol. The number of rotatable bonds is 8. The van der Waals surface area contributed by atoms with Gasteiger partial charge in [-0.1, -0.05) is 13.8 Å². The molecule has 0 heterocycles. The molecule has 15 heavy (non-hydrogen) atoms. The molecule has 88 valence electrons. The molecule has 0 aromatic carbocycles. The molecule has 0 aromatic rings. The minimum Gasteiger partial charge on any atom is -0.383 e. The number of carbonyl (C=O) groups excluding carboxylic acids is 1. The van der Waals surface area contributed by atoms with Crippen LogP contribution in [0.5, 0.6) is 0 Å². The molecule has 3 heteroatoms. The number of methoxy groups -OCH3 is 1. The molecular formula is C12H23NO2. The van der Waals surface area contributed by atoms with Gasteiger partial charge in [0.25, 0.3) is 0 Å². The number of ether oxygens (including phenoxy) is 1. The van der Waals surface area contributed by atoms with Crippen LogP contribution in [0.3, 0.4) is 0 Å². The maximum Gasteiger partial charge on any atom is 0.149 e. The van der Waals surface area contributed by atoms with Crippen molar-refractivity contribution in [3.05, 3.63) is 0 Å². The molecule has 1 aliphatic rings. The fourth-order valence-corrected chi connectivity index (χ4v) is 1.62. The summed E-state index contributed by atoms with van der Waals surface area (Å²) in [4.78, 5) is 14.1. The Kier molecular flexibility index (Phi) is 5.26. The highest BCUT2D eigenvalue weighted by Crippen LogP contribution is 2.26. The summed E-state index contributed by atoms with van der Waals surface area (Å²) in [6.07, 6.45) is 3.44. The van der Waals surface area contributed by atoms with Crippen molar-refractivity contribution in [1.29, 1.82) is 0 Å². The molecule has 0 saturated heterocycles. The molecule has 3 nitrogen and oxygen atoms in total. The van der Waals surface area contributed by atoms with Gasteiger partial charge in [0.2, 0.25) is 0 Å². The van der Waals surface area contributed by atoms with Crippen LogP contribution in [0.2, 0.25) is 0 Å². The Bertz CT molecular complexity index is 202. The standard InChI is InChI=1S/C12H23NO2/c1-4-10(2)12(14)9-13(7-8-15-3)11-5-6-11/h10-11H,4-9H2,1-3H3. The maximum atomic E-state index is 11.8. The van der Waals surface area contributed by atoms with Crippen molar-refractivity contribution in [2.24, 2.45) is 5.92 Å². The molecule has 0 radical (unpaired) electrons. The number of Topliss-reactive ketones (excluding diaryl/α,β-unsaturated/α-hetero) is 1. The highest BCUT2D eigenvalue weighted by atomic mass is 16.5. The second-order valence-electron chi connectivity index (χ2n) is 4.47. The van der Waals surface area contributed by atoms with Gasteiger partial charge in [0.15, 0.2) is 0 Å². The molecule has 1 fully saturated rings. The summed E-state index contributed by atoms with van der Waals surface area (Å²) in [6, 6.07) is 0.646. The van der Waals surface area contributed by atoms with E-state index in [0.29, 0.717) is 18.4 Å². The topological polar surface area (TPSA) is 29.5 Å². The first-order chi connectivity index (χ1) is 7.19. The first kappa shape index (κ1) is 12.7. The Balaban J connectivity index is 2.33. The zero-order valence-corrected chi connectivity index (χ0v) is 10.2. The van der Waals surface area contributed by atoms with Crippen LogP contribution >= 0.6 is 0 Å². The van der Waals surface area contributed by atoms with E-state index >= 15 is 0 Å². The molecule has 1 unspecified atom stereocenters. The lowest BCUT2D eigenvalue weighted by Crippen LogP contribution is -2.36. The van der Waals surface area contributed by atoms with E-state index in [4.69, 9.17) is 4.74 Å². The van der Waals surface area contributed by atoms with Crippen LogP contribution < -0.4 is 0 Å². The molecule has 0 bridgehead atoms. The van der Waals surface area contributed by atoms with Crippen molar-refractivity contribution < 1.29 is 9.53 Å². The quantitative estimate of drug-likeness (QED) is 0.615. The van der Waals surface area contributed by atoms with E-state index < -0.39 is 0 Å². The molecule has 1 aliphatic carbocycles. The van der Waals surface area contributed by atoms with Gasteiger partial charge in [-0.25, -0.2) is 0 Å². The lowest BCUT2D eigenvalue weighted by Gasteiger charge is -2.22. The zero-order chi connectivity index (χ0) is 11.3. The van der Waals surface area contributed by atoms with E-state index in [0.717, 1.165) is 19.6 Å². The van der Waals surface area contributed by atoms with Crippen LogP contribution in [-0.2, 0) is 9.53 Å². The molecular weight excluding hydrogens is 190 g/mol. The summed E-state index contributed by atoms with van der Waals surface area (Å²) in [5.41, 5.74) is 0. The van der Waals surface area contributed by atoms with Gasteiger partial charge in [-0.05, 0) is 19.3 Å². The normalized spacial score (nSPS) is 18.1. The van der Waals surface area contributed by atoms with E-state index in [-0.39, 0.29) is 5.92 Å². The van der Waals surface area contributed by atoms with Crippen molar-refractivity contribution in [3.63, 3.8) is 0 Å². The molecule has 0 N–H and O–H groups in total. The predicted molar refractivity (Wildman–Crippen MR) is 60.9 cm³/mol. The van der Waals surface area contributed by atoms with Crippen molar-refractivity contribution in [1.82, 2.24) is 4.90 Å². The highest BCUT2D eigenvalue weighted by Gasteiger charge is 2.30. The van der Waals surface area contributed by atoms with Gasteiger partial charge in [0.1, 0.15) is 5.78 Å². The number of ketones is 1. The Morgan fingerprint density at radius 3 is 2.67 bits per heavy atom. The van der Waals surface area contributed by atoms with Gasteiger partial charge in [-0.3, -0.25) is 9.69 Å². The van der Waals surface area contributed by atoms with Crippen molar-refractivity contribution in [2.75, 3.05) is 26.8 Å². The first-order valence-corrected chi connectivity index (χ1v) is 5.94. The third-order valence-corrected chi connectivity index (χ3v) is 3.17. The maximum absolute atomic E-state index is 11.8. The van der Waals surface area contributed by atoms with Crippen molar-refractivity contribution >= 4 is 5.78 Å². The molecule has 0 spiro atoms. The van der Waals surface area contributed by atoms with Crippen LogP contribution in [0.4, 0.5) is 0 Å². The number of hydrogen-bond acceptors (Lipinski definition) is 3. The van der Waals surface area contributed by atoms with Gasteiger partial charge in [-0.15, -0.1) is 0 Å². The van der Waals surface area contributed by atoms with Gasteiger partial charge >= 0.3 is 0 Å². The van der Waals surface area contributed by atoms with Crippen LogP contribution in [0, 0.1) is 5.92 Å². The van der Waals surface area contributed by atoms with Crippen LogP contribution in [0.25, 0.3) is 0 Å². The Morgan fingerprint density at radius 2 is 2.20 bits per heavy atom. The number of nitrogens with zero attached hydrogens (tertiary/aromatic N) is 1. The van der Waals surface area contributed by atoms with Crippen molar-refractivity contribution in [3.8, 4) is 0 Å². The molecule has 0 amide bonds. The Labute approximate surface area is 92.8 Å². The average Bonchev–Trinajstić information content (AvgIpc) is 3.06. The van der Waals surface area contributed by atoms with E-state index in [1.54, 1.807) is 7.11 Å². The largest absolute Gasteiger partial charge is 0.383 e. The summed E-state index contributed by atoms with van der Waals surface area (Å²) in [5.74, 6) is 0.578. The molecule has 1 atom stereocenters. The van der Waals surface area contributed by atoms with Crippen LogP contribution in [-0.4, -0.2) is 43.5 Å². The lowest BCUT2D eigenvalue weighted by molar-refractivity contribution is -0.123. The van der Waals surface area contributed by atoms with Crippen molar-refractivity contribution in [2.45, 2.75) is 39.2 Å². The fraction of sp³-hybridized carbons (Fsp3) is 0.917. The number of carbonyl (C=O) groups is 1. The smallest absolute Gasteiger partial charge is 0.149 e. The zero-order valence-electron chi connectivity index (χ0n) is 10.2. The summed E-state index contributed by atoms with van der Waals surface area (Å²) >= 11 is 0. The summed E-state index contributed by atoms with van der Waals surface area (Å²) in [5, 5.41) is 0. The minimum absolute atomic E-state index is 0.203. The molecule has 1 rings (SSSR count). The molecule has 0 aromatic heterocycles.